The summed E-state index contributed by atoms with van der Waals surface area (Å²) in [4.78, 5) is 10.7. The number of rotatable bonds is 4. The van der Waals surface area contributed by atoms with Crippen molar-refractivity contribution in [2.24, 2.45) is 0 Å². The number of ether oxygens (including phenoxy) is 1. The fourth-order valence-electron chi connectivity index (χ4n) is 1.57. The molecule has 0 fully saturated rings. The van der Waals surface area contributed by atoms with E-state index in [1.54, 1.807) is 19.2 Å². The third kappa shape index (κ3) is 2.46. The topological polar surface area (TPSA) is 64.4 Å². The van der Waals surface area contributed by atoms with E-state index in [4.69, 9.17) is 21.4 Å². The Morgan fingerprint density at radius 3 is 3.00 bits per heavy atom. The molecule has 0 amide bonds. The lowest BCUT2D eigenvalue weighted by atomic mass is 10.2. The van der Waals surface area contributed by atoms with Gasteiger partial charge in [0.15, 0.2) is 0 Å². The quantitative estimate of drug-likeness (QED) is 0.921. The Morgan fingerprint density at radius 2 is 2.33 bits per heavy atom. The number of carbonyl (C=O) groups is 1. The van der Waals surface area contributed by atoms with E-state index < -0.39 is 5.97 Å². The Bertz CT molecular complexity index is 580. The van der Waals surface area contributed by atoms with Crippen molar-refractivity contribution in [1.29, 1.82) is 0 Å². The number of aliphatic carboxylic acids is 1. The molecule has 0 saturated carbocycles. The zero-order valence-electron chi connectivity index (χ0n) is 9.63. The van der Waals surface area contributed by atoms with Crippen molar-refractivity contribution in [1.82, 2.24) is 9.78 Å². The maximum absolute atomic E-state index is 10.7. The molecular weight excluding hydrogens is 256 g/mol. The number of halogens is 1. The Labute approximate surface area is 109 Å². The Hall–Kier alpha value is -2.01. The second kappa shape index (κ2) is 5.10. The van der Waals surface area contributed by atoms with Crippen LogP contribution in [0.15, 0.2) is 30.5 Å². The van der Waals surface area contributed by atoms with Gasteiger partial charge in [-0.25, -0.2) is 4.68 Å². The summed E-state index contributed by atoms with van der Waals surface area (Å²) in [5.41, 5.74) is 1.20. The number of methoxy groups -OCH3 is 1. The molecular formula is C12H11ClN2O3. The molecule has 2 aromatic rings. The molecule has 1 heterocycles. The molecule has 0 atom stereocenters. The first-order chi connectivity index (χ1) is 8.61. The summed E-state index contributed by atoms with van der Waals surface area (Å²) in [7, 11) is 1.57. The van der Waals surface area contributed by atoms with E-state index in [9.17, 15) is 4.79 Å². The van der Waals surface area contributed by atoms with Crippen LogP contribution in [0, 0.1) is 0 Å². The van der Waals surface area contributed by atoms with Gasteiger partial charge >= 0.3 is 5.97 Å². The van der Waals surface area contributed by atoms with Crippen LogP contribution in [0.4, 0.5) is 0 Å². The van der Waals surface area contributed by atoms with E-state index in [0.717, 1.165) is 5.69 Å². The number of carboxylic acid groups (broad SMARTS) is 1. The van der Waals surface area contributed by atoms with E-state index in [-0.39, 0.29) is 6.42 Å². The van der Waals surface area contributed by atoms with Gasteiger partial charge in [0.1, 0.15) is 10.9 Å². The van der Waals surface area contributed by atoms with Crippen LogP contribution in [0.2, 0.25) is 5.15 Å². The molecule has 94 valence electrons. The number of nitrogens with zero attached hydrogens (tertiary/aromatic N) is 2. The van der Waals surface area contributed by atoms with E-state index >= 15 is 0 Å². The predicted molar refractivity (Wildman–Crippen MR) is 66.5 cm³/mol. The number of hydrogen-bond donors (Lipinski definition) is 1. The molecule has 0 aliphatic carbocycles. The molecule has 0 unspecified atom stereocenters. The lowest BCUT2D eigenvalue weighted by Crippen LogP contribution is -2.01. The van der Waals surface area contributed by atoms with Crippen LogP contribution in [0.3, 0.4) is 0 Å². The second-order valence-electron chi connectivity index (χ2n) is 3.64. The summed E-state index contributed by atoms with van der Waals surface area (Å²) in [6, 6.07) is 7.19. The second-order valence-corrected chi connectivity index (χ2v) is 4.00. The zero-order chi connectivity index (χ0) is 13.1. The van der Waals surface area contributed by atoms with E-state index in [0.29, 0.717) is 16.5 Å². The smallest absolute Gasteiger partial charge is 0.307 e. The maximum atomic E-state index is 10.7. The van der Waals surface area contributed by atoms with Gasteiger partial charge < -0.3 is 9.84 Å². The van der Waals surface area contributed by atoms with Crippen LogP contribution in [-0.4, -0.2) is 28.0 Å². The van der Waals surface area contributed by atoms with Crippen molar-refractivity contribution < 1.29 is 14.6 Å². The van der Waals surface area contributed by atoms with Gasteiger partial charge in [-0.3, -0.25) is 4.79 Å². The van der Waals surface area contributed by atoms with Crippen LogP contribution in [0.25, 0.3) is 5.69 Å². The molecule has 1 aromatic carbocycles. The first-order valence-electron chi connectivity index (χ1n) is 5.20. The summed E-state index contributed by atoms with van der Waals surface area (Å²) in [5, 5.41) is 13.1. The molecule has 0 aliphatic rings. The lowest BCUT2D eigenvalue weighted by Gasteiger charge is -2.05. The zero-order valence-corrected chi connectivity index (χ0v) is 10.4. The van der Waals surface area contributed by atoms with Crippen LogP contribution < -0.4 is 4.74 Å². The average molecular weight is 267 g/mol. The van der Waals surface area contributed by atoms with Crippen LogP contribution in [0.1, 0.15) is 5.56 Å². The third-order valence-corrected chi connectivity index (χ3v) is 2.82. The number of hydrogen-bond acceptors (Lipinski definition) is 3. The highest BCUT2D eigenvalue weighted by Crippen LogP contribution is 2.23. The minimum absolute atomic E-state index is 0.150. The van der Waals surface area contributed by atoms with Gasteiger partial charge in [-0.15, -0.1) is 0 Å². The third-order valence-electron chi connectivity index (χ3n) is 2.42. The summed E-state index contributed by atoms with van der Waals surface area (Å²) in [6.45, 7) is 0. The molecule has 1 N–H and O–H groups in total. The molecule has 0 radical (unpaired) electrons. The summed E-state index contributed by atoms with van der Waals surface area (Å²) in [5.74, 6) is -0.263. The van der Waals surface area contributed by atoms with Gasteiger partial charge in [-0.05, 0) is 12.1 Å². The summed E-state index contributed by atoms with van der Waals surface area (Å²) >= 11 is 6.09. The summed E-state index contributed by atoms with van der Waals surface area (Å²) < 4.78 is 6.58. The number of aromatic nitrogens is 2. The van der Waals surface area contributed by atoms with Gasteiger partial charge in [0.2, 0.25) is 0 Å². The Balaban J connectivity index is 2.38. The Kier molecular flexibility index (Phi) is 3.53. The van der Waals surface area contributed by atoms with E-state index in [1.807, 2.05) is 12.1 Å². The van der Waals surface area contributed by atoms with E-state index in [2.05, 4.69) is 5.10 Å². The maximum Gasteiger partial charge on any atom is 0.307 e. The van der Waals surface area contributed by atoms with E-state index in [1.165, 1.54) is 10.9 Å². The lowest BCUT2D eigenvalue weighted by molar-refractivity contribution is -0.136. The standard InChI is InChI=1S/C12H11ClN2O3/c1-18-10-4-2-3-9(6-10)15-12(13)8(7-14-15)5-11(16)17/h2-4,6-7H,5H2,1H3,(H,16,17). The largest absolute Gasteiger partial charge is 0.497 e. The molecule has 6 heteroatoms. The van der Waals surface area contributed by atoms with Crippen molar-refractivity contribution in [2.75, 3.05) is 7.11 Å². The number of carboxylic acids is 1. The highest BCUT2D eigenvalue weighted by Gasteiger charge is 2.13. The van der Waals surface area contributed by atoms with Gasteiger partial charge in [-0.2, -0.15) is 5.10 Å². The molecule has 1 aromatic heterocycles. The van der Waals surface area contributed by atoms with Crippen molar-refractivity contribution in [3.8, 4) is 11.4 Å². The van der Waals surface area contributed by atoms with Crippen molar-refractivity contribution in [3.63, 3.8) is 0 Å². The number of benzene rings is 1. The molecule has 5 nitrogen and oxygen atoms in total. The Morgan fingerprint density at radius 1 is 1.56 bits per heavy atom. The molecule has 0 bridgehead atoms. The van der Waals surface area contributed by atoms with Gasteiger partial charge in [0, 0.05) is 11.6 Å². The molecule has 0 spiro atoms. The molecule has 0 saturated heterocycles. The van der Waals surface area contributed by atoms with Crippen LogP contribution in [0.5, 0.6) is 5.75 Å². The van der Waals surface area contributed by atoms with Gasteiger partial charge in [0.25, 0.3) is 0 Å². The monoisotopic (exact) mass is 266 g/mol. The average Bonchev–Trinajstić information content (AvgIpc) is 2.70. The van der Waals surface area contributed by atoms with Crippen LogP contribution >= 0.6 is 11.6 Å². The minimum Gasteiger partial charge on any atom is -0.497 e. The highest BCUT2D eigenvalue weighted by molar-refractivity contribution is 6.30. The van der Waals surface area contributed by atoms with Crippen LogP contribution in [-0.2, 0) is 11.2 Å². The first kappa shape index (κ1) is 12.4. The first-order valence-corrected chi connectivity index (χ1v) is 5.58. The SMILES string of the molecule is COc1cccc(-n2ncc(CC(=O)O)c2Cl)c1. The fraction of sp³-hybridized carbons (Fsp3) is 0.167. The molecule has 2 rings (SSSR count). The fourth-order valence-corrected chi connectivity index (χ4v) is 1.83. The summed E-state index contributed by atoms with van der Waals surface area (Å²) in [6.07, 6.45) is 1.30. The van der Waals surface area contributed by atoms with Crippen molar-refractivity contribution >= 4 is 17.6 Å². The highest BCUT2D eigenvalue weighted by atomic mass is 35.5. The predicted octanol–water partition coefficient (Wildman–Crippen LogP) is 2.16. The van der Waals surface area contributed by atoms with Gasteiger partial charge in [-0.1, -0.05) is 17.7 Å². The minimum atomic E-state index is -0.943. The molecule has 0 aliphatic heterocycles. The van der Waals surface area contributed by atoms with Crippen molar-refractivity contribution in [3.05, 3.63) is 41.2 Å². The molecule has 18 heavy (non-hydrogen) atoms. The normalized spacial score (nSPS) is 10.3. The van der Waals surface area contributed by atoms with Crippen molar-refractivity contribution in [2.45, 2.75) is 6.42 Å². The van der Waals surface area contributed by atoms with Gasteiger partial charge in [0.05, 0.1) is 25.4 Å².